The number of carbonyl (C=O) groups is 1. The van der Waals surface area contributed by atoms with Gasteiger partial charge < -0.3 is 4.90 Å². The lowest BCUT2D eigenvalue weighted by Gasteiger charge is -2.28. The Morgan fingerprint density at radius 3 is 2.48 bits per heavy atom. The molecule has 1 aromatic heterocycles. The third-order valence-electron chi connectivity index (χ3n) is 5.60. The summed E-state index contributed by atoms with van der Waals surface area (Å²) in [6, 6.07) is 16.2. The van der Waals surface area contributed by atoms with Crippen LogP contribution in [0.3, 0.4) is 0 Å². The third kappa shape index (κ3) is 3.92. The molecule has 150 valence electrons. The van der Waals surface area contributed by atoms with Gasteiger partial charge in [-0.2, -0.15) is 5.10 Å². The smallest absolute Gasteiger partial charge is 0.233 e. The molecule has 1 fully saturated rings. The van der Waals surface area contributed by atoms with Crippen LogP contribution in [0.15, 0.2) is 54.6 Å². The number of carbonyl (C=O) groups excluding carboxylic acids is 1. The largest absolute Gasteiger partial charge is 0.332 e. The predicted octanol–water partition coefficient (Wildman–Crippen LogP) is 4.78. The van der Waals surface area contributed by atoms with E-state index in [2.05, 4.69) is 5.10 Å². The summed E-state index contributed by atoms with van der Waals surface area (Å²) in [6.45, 7) is 2.66. The van der Waals surface area contributed by atoms with Crippen LogP contribution in [0, 0.1) is 12.7 Å². The van der Waals surface area contributed by atoms with E-state index >= 15 is 0 Å². The van der Waals surface area contributed by atoms with Crippen LogP contribution in [0.25, 0.3) is 0 Å². The van der Waals surface area contributed by atoms with Gasteiger partial charge in [-0.05, 0) is 49.1 Å². The van der Waals surface area contributed by atoms with Crippen molar-refractivity contribution in [3.63, 3.8) is 0 Å². The van der Waals surface area contributed by atoms with Crippen LogP contribution >= 0.6 is 11.6 Å². The number of aryl methyl sites for hydroxylation is 2. The van der Waals surface area contributed by atoms with Crippen LogP contribution in [0.2, 0.25) is 5.02 Å². The summed E-state index contributed by atoms with van der Waals surface area (Å²) in [6.07, 6.45) is 1.65. The van der Waals surface area contributed by atoms with E-state index < -0.39 is 5.41 Å². The van der Waals surface area contributed by atoms with Gasteiger partial charge in [0.15, 0.2) is 0 Å². The molecule has 1 amide bonds. The zero-order chi connectivity index (χ0) is 20.6. The third-order valence-corrected chi connectivity index (χ3v) is 5.95. The average molecular weight is 412 g/mol. The minimum Gasteiger partial charge on any atom is -0.332 e. The van der Waals surface area contributed by atoms with E-state index in [1.165, 1.54) is 12.1 Å². The Labute approximate surface area is 174 Å². The number of hydrogen-bond donors (Lipinski definition) is 0. The quantitative estimate of drug-likeness (QED) is 0.585. The summed E-state index contributed by atoms with van der Waals surface area (Å²) < 4.78 is 15.3. The second kappa shape index (κ2) is 7.64. The monoisotopic (exact) mass is 411 g/mol. The van der Waals surface area contributed by atoms with Crippen LogP contribution < -0.4 is 0 Å². The molecule has 0 saturated heterocycles. The molecule has 1 saturated carbocycles. The Bertz CT molecular complexity index is 1040. The van der Waals surface area contributed by atoms with Gasteiger partial charge in [0.2, 0.25) is 5.91 Å². The molecule has 0 aliphatic heterocycles. The summed E-state index contributed by atoms with van der Waals surface area (Å²) in [5, 5.41) is 4.73. The Kier molecular flexibility index (Phi) is 5.17. The molecule has 0 bridgehead atoms. The zero-order valence-corrected chi connectivity index (χ0v) is 17.3. The number of halogens is 2. The van der Waals surface area contributed by atoms with Gasteiger partial charge in [-0.25, -0.2) is 4.39 Å². The summed E-state index contributed by atoms with van der Waals surface area (Å²) in [5.41, 5.74) is 3.13. The van der Waals surface area contributed by atoms with Gasteiger partial charge >= 0.3 is 0 Å². The van der Waals surface area contributed by atoms with Gasteiger partial charge in [0, 0.05) is 18.6 Å². The van der Waals surface area contributed by atoms with E-state index in [0.717, 1.165) is 35.4 Å². The second-order valence-electron chi connectivity index (χ2n) is 7.75. The number of nitrogens with zero attached hydrogens (tertiary/aromatic N) is 3. The van der Waals surface area contributed by atoms with Gasteiger partial charge in [0.05, 0.1) is 23.3 Å². The summed E-state index contributed by atoms with van der Waals surface area (Å²) >= 11 is 6.27. The van der Waals surface area contributed by atoms with Crippen molar-refractivity contribution in [1.82, 2.24) is 14.7 Å². The fourth-order valence-corrected chi connectivity index (χ4v) is 4.10. The first-order valence-corrected chi connectivity index (χ1v) is 10.1. The van der Waals surface area contributed by atoms with Crippen molar-refractivity contribution in [3.8, 4) is 0 Å². The van der Waals surface area contributed by atoms with Gasteiger partial charge in [-0.15, -0.1) is 0 Å². The zero-order valence-electron chi connectivity index (χ0n) is 16.5. The highest BCUT2D eigenvalue weighted by atomic mass is 35.5. The van der Waals surface area contributed by atoms with E-state index in [1.807, 2.05) is 55.3 Å². The van der Waals surface area contributed by atoms with Crippen molar-refractivity contribution in [3.05, 3.63) is 88.0 Å². The van der Waals surface area contributed by atoms with E-state index in [0.29, 0.717) is 18.1 Å². The standard InChI is InChI=1S/C23H23ClFN3O/c1-16-12-20(27(2)26-16)15-28(14-17-8-9-19(25)13-21(17)24)22(29)23(10-11-23)18-6-4-3-5-7-18/h3-9,12-13H,10-11,14-15H2,1-2H3. The molecule has 0 unspecified atom stereocenters. The first kappa shape index (κ1) is 19.6. The molecule has 3 aromatic rings. The number of amides is 1. The van der Waals surface area contributed by atoms with Crippen molar-refractivity contribution in [2.75, 3.05) is 0 Å². The highest BCUT2D eigenvalue weighted by Crippen LogP contribution is 2.50. The van der Waals surface area contributed by atoms with Gasteiger partial charge in [0.1, 0.15) is 5.82 Å². The number of aromatic nitrogens is 2. The van der Waals surface area contributed by atoms with Crippen LogP contribution in [-0.4, -0.2) is 20.6 Å². The first-order valence-electron chi connectivity index (χ1n) is 9.67. The molecule has 1 aliphatic carbocycles. The Morgan fingerprint density at radius 1 is 1.17 bits per heavy atom. The Morgan fingerprint density at radius 2 is 1.90 bits per heavy atom. The fourth-order valence-electron chi connectivity index (χ4n) is 3.87. The average Bonchev–Trinajstić information content (AvgIpc) is 3.44. The van der Waals surface area contributed by atoms with Crippen LogP contribution in [0.1, 0.15) is 35.4 Å². The molecular formula is C23H23ClFN3O. The molecule has 0 radical (unpaired) electrons. The molecule has 1 heterocycles. The first-order chi connectivity index (χ1) is 13.9. The molecule has 0 spiro atoms. The minimum atomic E-state index is -0.485. The van der Waals surface area contributed by atoms with Crippen molar-refractivity contribution >= 4 is 17.5 Å². The van der Waals surface area contributed by atoms with Crippen LogP contribution in [0.5, 0.6) is 0 Å². The molecule has 6 heteroatoms. The van der Waals surface area contributed by atoms with Crippen molar-refractivity contribution in [1.29, 1.82) is 0 Å². The Balaban J connectivity index is 1.68. The highest BCUT2D eigenvalue weighted by Gasteiger charge is 2.53. The SMILES string of the molecule is Cc1cc(CN(Cc2ccc(F)cc2Cl)C(=O)C2(c3ccccc3)CC2)n(C)n1. The van der Waals surface area contributed by atoms with E-state index in [9.17, 15) is 9.18 Å². The van der Waals surface area contributed by atoms with Crippen molar-refractivity contribution in [2.24, 2.45) is 7.05 Å². The maximum absolute atomic E-state index is 13.7. The second-order valence-corrected chi connectivity index (χ2v) is 8.15. The molecular weight excluding hydrogens is 389 g/mol. The summed E-state index contributed by atoms with van der Waals surface area (Å²) in [5.74, 6) is -0.315. The topological polar surface area (TPSA) is 38.1 Å². The normalized spacial score (nSPS) is 14.6. The van der Waals surface area contributed by atoms with E-state index in [1.54, 1.807) is 10.7 Å². The minimum absolute atomic E-state index is 0.0722. The maximum Gasteiger partial charge on any atom is 0.233 e. The number of rotatable bonds is 6. The molecule has 0 N–H and O–H groups in total. The van der Waals surface area contributed by atoms with Gasteiger partial charge in [-0.3, -0.25) is 9.48 Å². The van der Waals surface area contributed by atoms with E-state index in [-0.39, 0.29) is 11.7 Å². The predicted molar refractivity (Wildman–Crippen MR) is 111 cm³/mol. The van der Waals surface area contributed by atoms with Gasteiger partial charge in [0.25, 0.3) is 0 Å². The van der Waals surface area contributed by atoms with Crippen molar-refractivity contribution in [2.45, 2.75) is 38.3 Å². The Hall–Kier alpha value is -2.66. The van der Waals surface area contributed by atoms with Crippen molar-refractivity contribution < 1.29 is 9.18 Å². The van der Waals surface area contributed by atoms with Crippen LogP contribution in [-0.2, 0) is 30.3 Å². The lowest BCUT2D eigenvalue weighted by atomic mass is 9.94. The molecule has 0 atom stereocenters. The van der Waals surface area contributed by atoms with Gasteiger partial charge in [-0.1, -0.05) is 48.0 Å². The summed E-state index contributed by atoms with van der Waals surface area (Å²) in [7, 11) is 1.87. The van der Waals surface area contributed by atoms with Crippen LogP contribution in [0.4, 0.5) is 4.39 Å². The molecule has 4 nitrogen and oxygen atoms in total. The lowest BCUT2D eigenvalue weighted by molar-refractivity contribution is -0.135. The van der Waals surface area contributed by atoms with E-state index in [4.69, 9.17) is 11.6 Å². The number of hydrogen-bond acceptors (Lipinski definition) is 2. The molecule has 29 heavy (non-hydrogen) atoms. The number of benzene rings is 2. The maximum atomic E-state index is 13.7. The lowest BCUT2D eigenvalue weighted by Crippen LogP contribution is -2.39. The summed E-state index contributed by atoms with van der Waals surface area (Å²) in [4.78, 5) is 15.5. The molecule has 4 rings (SSSR count). The highest BCUT2D eigenvalue weighted by molar-refractivity contribution is 6.31. The molecule has 2 aromatic carbocycles. The fraction of sp³-hybridized carbons (Fsp3) is 0.304. The molecule has 1 aliphatic rings.